The molecule has 1 rings (SSSR count). The minimum atomic E-state index is -0.0159. The standard InChI is InChI=1S/C7H4Cl4NO/c8-4-1-5(9)7(11)3(2-12-13)6(4)10/h1,12H,2H2/q-1. The van der Waals surface area contributed by atoms with Gasteiger partial charge in [0.1, 0.15) is 0 Å². The average Bonchev–Trinajstić information content (AvgIpc) is 2.09. The van der Waals surface area contributed by atoms with Crippen LogP contribution in [0.25, 0.3) is 0 Å². The lowest BCUT2D eigenvalue weighted by Crippen LogP contribution is -2.04. The molecule has 0 saturated heterocycles. The summed E-state index contributed by atoms with van der Waals surface area (Å²) < 4.78 is 0. The second-order valence-electron chi connectivity index (χ2n) is 2.27. The van der Waals surface area contributed by atoms with Crippen LogP contribution in [0.5, 0.6) is 0 Å². The first-order valence-corrected chi connectivity index (χ1v) is 4.76. The maximum atomic E-state index is 10.2. The van der Waals surface area contributed by atoms with Crippen LogP contribution in [0.4, 0.5) is 0 Å². The predicted octanol–water partition coefficient (Wildman–Crippen LogP) is 3.89. The van der Waals surface area contributed by atoms with Gasteiger partial charge in [0.25, 0.3) is 0 Å². The Morgan fingerprint density at radius 1 is 1.08 bits per heavy atom. The fourth-order valence-electron chi connectivity index (χ4n) is 0.850. The summed E-state index contributed by atoms with van der Waals surface area (Å²) in [5.74, 6) is 0. The van der Waals surface area contributed by atoms with Gasteiger partial charge in [-0.15, -0.1) is 0 Å². The number of halogens is 4. The maximum absolute atomic E-state index is 10.2. The Hall–Kier alpha value is 0.300. The van der Waals surface area contributed by atoms with Gasteiger partial charge < -0.3 is 10.7 Å². The van der Waals surface area contributed by atoms with Crippen molar-refractivity contribution in [1.29, 1.82) is 0 Å². The smallest absolute Gasteiger partial charge is 0.0652 e. The topological polar surface area (TPSA) is 35.1 Å². The molecule has 0 saturated carbocycles. The van der Waals surface area contributed by atoms with Gasteiger partial charge in [-0.2, -0.15) is 0 Å². The SMILES string of the molecule is [O-]NCc1c(Cl)c(Cl)cc(Cl)c1Cl. The van der Waals surface area contributed by atoms with E-state index in [4.69, 9.17) is 46.4 Å². The largest absolute Gasteiger partial charge is 0.788 e. The van der Waals surface area contributed by atoms with Crippen LogP contribution in [-0.2, 0) is 6.54 Å². The second-order valence-corrected chi connectivity index (χ2v) is 3.84. The van der Waals surface area contributed by atoms with Crippen LogP contribution in [0.2, 0.25) is 20.1 Å². The van der Waals surface area contributed by atoms with Crippen molar-refractivity contribution in [2.45, 2.75) is 6.54 Å². The number of benzene rings is 1. The van der Waals surface area contributed by atoms with E-state index >= 15 is 0 Å². The molecular weight excluding hydrogens is 256 g/mol. The molecule has 0 unspecified atom stereocenters. The summed E-state index contributed by atoms with van der Waals surface area (Å²) in [5.41, 5.74) is 2.10. The molecule has 0 bridgehead atoms. The van der Waals surface area contributed by atoms with E-state index in [0.29, 0.717) is 5.56 Å². The number of hydrogen-bond acceptors (Lipinski definition) is 2. The Kier molecular flexibility index (Phi) is 4.10. The highest BCUT2D eigenvalue weighted by atomic mass is 35.5. The van der Waals surface area contributed by atoms with Crippen LogP contribution in [0.1, 0.15) is 5.56 Å². The van der Waals surface area contributed by atoms with Crippen molar-refractivity contribution in [2.24, 2.45) is 0 Å². The van der Waals surface area contributed by atoms with Crippen molar-refractivity contribution in [2.75, 3.05) is 0 Å². The number of hydroxylamine groups is 1. The molecule has 6 heteroatoms. The third-order valence-corrected chi connectivity index (χ3v) is 3.10. The summed E-state index contributed by atoms with van der Waals surface area (Å²) in [4.78, 5) is 0. The predicted molar refractivity (Wildman–Crippen MR) is 56.7 cm³/mol. The Labute approximate surface area is 95.3 Å². The molecule has 1 aromatic rings. The zero-order chi connectivity index (χ0) is 10.0. The van der Waals surface area contributed by atoms with Crippen molar-refractivity contribution in [3.63, 3.8) is 0 Å². The van der Waals surface area contributed by atoms with E-state index < -0.39 is 0 Å². The molecule has 0 aromatic heterocycles. The lowest BCUT2D eigenvalue weighted by Gasteiger charge is -2.13. The first kappa shape index (κ1) is 11.4. The molecule has 72 valence electrons. The van der Waals surface area contributed by atoms with Crippen molar-refractivity contribution in [1.82, 2.24) is 5.48 Å². The van der Waals surface area contributed by atoms with Gasteiger partial charge in [0.05, 0.1) is 20.1 Å². The van der Waals surface area contributed by atoms with Crippen molar-refractivity contribution < 1.29 is 0 Å². The van der Waals surface area contributed by atoms with Gasteiger partial charge in [-0.05, 0) is 6.07 Å². The van der Waals surface area contributed by atoms with Crippen LogP contribution in [0.3, 0.4) is 0 Å². The van der Waals surface area contributed by atoms with Gasteiger partial charge in [-0.1, -0.05) is 46.4 Å². The van der Waals surface area contributed by atoms with E-state index in [1.54, 1.807) is 5.48 Å². The zero-order valence-electron chi connectivity index (χ0n) is 6.20. The monoisotopic (exact) mass is 258 g/mol. The van der Waals surface area contributed by atoms with Crippen molar-refractivity contribution >= 4 is 46.4 Å². The number of nitrogens with one attached hydrogen (secondary N) is 1. The summed E-state index contributed by atoms with van der Waals surface area (Å²) in [5, 5.41) is 11.2. The molecular formula is C7H4Cl4NO-. The van der Waals surface area contributed by atoms with E-state index in [9.17, 15) is 5.21 Å². The first-order valence-electron chi connectivity index (χ1n) is 3.24. The van der Waals surface area contributed by atoms with Gasteiger partial charge in [0.2, 0.25) is 0 Å². The molecule has 0 aliphatic carbocycles. The van der Waals surface area contributed by atoms with Gasteiger partial charge >= 0.3 is 0 Å². The first-order chi connectivity index (χ1) is 6.07. The highest BCUT2D eigenvalue weighted by molar-refractivity contribution is 6.48. The fourth-order valence-corrected chi connectivity index (χ4v) is 1.83. The maximum Gasteiger partial charge on any atom is 0.0652 e. The van der Waals surface area contributed by atoms with E-state index in [1.165, 1.54) is 6.07 Å². The molecule has 1 N–H and O–H groups in total. The second kappa shape index (κ2) is 4.69. The molecule has 0 radical (unpaired) electrons. The van der Waals surface area contributed by atoms with Crippen LogP contribution >= 0.6 is 46.4 Å². The molecule has 0 heterocycles. The zero-order valence-corrected chi connectivity index (χ0v) is 9.23. The summed E-state index contributed by atoms with van der Waals surface area (Å²) in [7, 11) is 0. The molecule has 1 aromatic carbocycles. The van der Waals surface area contributed by atoms with E-state index in [-0.39, 0.29) is 26.6 Å². The van der Waals surface area contributed by atoms with Gasteiger partial charge in [0.15, 0.2) is 0 Å². The third-order valence-electron chi connectivity index (χ3n) is 1.45. The van der Waals surface area contributed by atoms with Crippen molar-refractivity contribution in [3.05, 3.63) is 36.9 Å². The summed E-state index contributed by atoms with van der Waals surface area (Å²) in [6.45, 7) is -0.0159. The van der Waals surface area contributed by atoms with Gasteiger partial charge in [0, 0.05) is 12.1 Å². The van der Waals surface area contributed by atoms with Crippen LogP contribution in [-0.4, -0.2) is 0 Å². The van der Waals surface area contributed by atoms with E-state index in [1.807, 2.05) is 0 Å². The molecule has 0 amide bonds. The highest BCUT2D eigenvalue weighted by Gasteiger charge is 2.12. The Morgan fingerprint density at radius 2 is 1.54 bits per heavy atom. The Balaban J connectivity index is 3.28. The van der Waals surface area contributed by atoms with Crippen LogP contribution < -0.4 is 5.48 Å². The number of rotatable bonds is 2. The molecule has 0 aliphatic heterocycles. The average molecular weight is 260 g/mol. The minimum Gasteiger partial charge on any atom is -0.788 e. The van der Waals surface area contributed by atoms with Crippen LogP contribution in [0.15, 0.2) is 6.07 Å². The van der Waals surface area contributed by atoms with E-state index in [2.05, 4.69) is 0 Å². The van der Waals surface area contributed by atoms with Crippen LogP contribution in [0, 0.1) is 5.21 Å². The molecule has 0 aliphatic rings. The summed E-state index contributed by atoms with van der Waals surface area (Å²) >= 11 is 23.0. The van der Waals surface area contributed by atoms with E-state index in [0.717, 1.165) is 0 Å². The quantitative estimate of drug-likeness (QED) is 0.646. The molecule has 13 heavy (non-hydrogen) atoms. The lowest BCUT2D eigenvalue weighted by atomic mass is 10.2. The number of hydrogen-bond donors (Lipinski definition) is 1. The highest BCUT2D eigenvalue weighted by Crippen LogP contribution is 2.36. The lowest BCUT2D eigenvalue weighted by molar-refractivity contribution is 0.876. The van der Waals surface area contributed by atoms with Gasteiger partial charge in [-0.25, -0.2) is 0 Å². The van der Waals surface area contributed by atoms with Gasteiger partial charge in [-0.3, -0.25) is 0 Å². The molecule has 2 nitrogen and oxygen atoms in total. The minimum absolute atomic E-state index is 0.0159. The van der Waals surface area contributed by atoms with Crippen molar-refractivity contribution in [3.8, 4) is 0 Å². The third kappa shape index (κ3) is 2.40. The molecule has 0 atom stereocenters. The normalized spacial score (nSPS) is 10.5. The summed E-state index contributed by atoms with van der Waals surface area (Å²) in [6.07, 6.45) is 0. The fraction of sp³-hybridized carbons (Fsp3) is 0.143. The Morgan fingerprint density at radius 3 is 1.92 bits per heavy atom. The molecule has 0 fully saturated rings. The molecule has 0 spiro atoms. The summed E-state index contributed by atoms with van der Waals surface area (Å²) in [6, 6.07) is 1.43. The Bertz CT molecular complexity index is 303.